The van der Waals surface area contributed by atoms with Crippen LogP contribution < -0.4 is 11.1 Å². The van der Waals surface area contributed by atoms with E-state index in [9.17, 15) is 4.79 Å². The number of rotatable bonds is 10. The highest BCUT2D eigenvalue weighted by molar-refractivity contribution is 5.90. The lowest BCUT2D eigenvalue weighted by molar-refractivity contribution is -0.116. The van der Waals surface area contributed by atoms with Crippen LogP contribution in [-0.2, 0) is 16.1 Å². The number of aromatic nitrogens is 2. The van der Waals surface area contributed by atoms with Crippen LogP contribution in [-0.4, -0.2) is 35.9 Å². The summed E-state index contributed by atoms with van der Waals surface area (Å²) in [6.45, 7) is 6.31. The molecule has 1 unspecified atom stereocenters. The summed E-state index contributed by atoms with van der Waals surface area (Å²) >= 11 is 0. The molecule has 21 heavy (non-hydrogen) atoms. The Morgan fingerprint density at radius 3 is 2.86 bits per heavy atom. The minimum atomic E-state index is 0.0314. The number of carbonyl (C=O) groups excluding carboxylic acids is 1. The Hall–Kier alpha value is -1.40. The van der Waals surface area contributed by atoms with Crippen molar-refractivity contribution in [3.8, 4) is 0 Å². The van der Waals surface area contributed by atoms with E-state index in [-0.39, 0.29) is 5.91 Å². The number of methoxy groups -OCH3 is 1. The summed E-state index contributed by atoms with van der Waals surface area (Å²) in [5, 5.41) is 7.05. The minimum absolute atomic E-state index is 0.0314. The average Bonchev–Trinajstić information content (AvgIpc) is 2.88. The van der Waals surface area contributed by atoms with Crippen LogP contribution in [0.15, 0.2) is 12.4 Å². The normalized spacial score (nSPS) is 12.6. The van der Waals surface area contributed by atoms with Crippen LogP contribution in [0.25, 0.3) is 0 Å². The molecular weight excluding hydrogens is 268 g/mol. The van der Waals surface area contributed by atoms with Crippen molar-refractivity contribution >= 4 is 11.6 Å². The molecule has 0 aliphatic rings. The maximum atomic E-state index is 12.0. The third kappa shape index (κ3) is 6.73. The summed E-state index contributed by atoms with van der Waals surface area (Å²) in [5.74, 6) is 1.09. The van der Waals surface area contributed by atoms with Crippen molar-refractivity contribution in [2.75, 3.05) is 25.6 Å². The van der Waals surface area contributed by atoms with Crippen molar-refractivity contribution in [3.05, 3.63) is 12.4 Å². The van der Waals surface area contributed by atoms with Crippen LogP contribution in [0.5, 0.6) is 0 Å². The van der Waals surface area contributed by atoms with Crippen molar-refractivity contribution in [2.45, 2.75) is 39.7 Å². The second-order valence-corrected chi connectivity index (χ2v) is 5.65. The summed E-state index contributed by atoms with van der Waals surface area (Å²) in [5.41, 5.74) is 6.35. The molecule has 0 spiro atoms. The van der Waals surface area contributed by atoms with Gasteiger partial charge in [-0.1, -0.05) is 13.8 Å². The molecule has 3 N–H and O–H groups in total. The van der Waals surface area contributed by atoms with E-state index in [0.29, 0.717) is 38.0 Å². The second-order valence-electron chi connectivity index (χ2n) is 5.65. The Morgan fingerprint density at radius 2 is 2.24 bits per heavy atom. The highest BCUT2D eigenvalue weighted by atomic mass is 16.5. The zero-order chi connectivity index (χ0) is 15.7. The maximum Gasteiger partial charge on any atom is 0.224 e. The van der Waals surface area contributed by atoms with E-state index in [0.717, 1.165) is 18.5 Å². The summed E-state index contributed by atoms with van der Waals surface area (Å²) in [4.78, 5) is 12.0. The highest BCUT2D eigenvalue weighted by Gasteiger charge is 2.14. The largest absolute Gasteiger partial charge is 0.383 e. The number of nitrogens with two attached hydrogens (primary N) is 1. The van der Waals surface area contributed by atoms with Crippen LogP contribution in [0.4, 0.5) is 5.69 Å². The van der Waals surface area contributed by atoms with Gasteiger partial charge in [0, 0.05) is 19.7 Å². The third-order valence-electron chi connectivity index (χ3n) is 3.66. The molecule has 1 aromatic rings. The molecule has 0 aliphatic heterocycles. The first-order chi connectivity index (χ1) is 10.1. The van der Waals surface area contributed by atoms with Crippen LogP contribution in [0.3, 0.4) is 0 Å². The zero-order valence-corrected chi connectivity index (χ0v) is 13.3. The topological polar surface area (TPSA) is 82.2 Å². The molecule has 0 bridgehead atoms. The molecule has 0 aliphatic carbocycles. The van der Waals surface area contributed by atoms with E-state index in [2.05, 4.69) is 24.3 Å². The van der Waals surface area contributed by atoms with Crippen molar-refractivity contribution in [3.63, 3.8) is 0 Å². The molecule has 0 saturated carbocycles. The smallest absolute Gasteiger partial charge is 0.224 e. The third-order valence-corrected chi connectivity index (χ3v) is 3.66. The van der Waals surface area contributed by atoms with E-state index < -0.39 is 0 Å². The number of nitrogens with zero attached hydrogens (tertiary/aromatic N) is 2. The van der Waals surface area contributed by atoms with Crippen molar-refractivity contribution in [2.24, 2.45) is 17.6 Å². The Balaban J connectivity index is 2.37. The predicted molar refractivity (Wildman–Crippen MR) is 84.0 cm³/mol. The van der Waals surface area contributed by atoms with Gasteiger partial charge in [0.1, 0.15) is 0 Å². The van der Waals surface area contributed by atoms with Gasteiger partial charge < -0.3 is 15.8 Å². The summed E-state index contributed by atoms with van der Waals surface area (Å²) < 4.78 is 6.74. The van der Waals surface area contributed by atoms with Crippen LogP contribution in [0.1, 0.15) is 33.1 Å². The van der Waals surface area contributed by atoms with E-state index in [1.165, 1.54) is 0 Å². The van der Waals surface area contributed by atoms with Gasteiger partial charge in [0.2, 0.25) is 5.91 Å². The predicted octanol–water partition coefficient (Wildman–Crippen LogP) is 1.87. The Kier molecular flexibility index (Phi) is 8.00. The van der Waals surface area contributed by atoms with Crippen molar-refractivity contribution in [1.82, 2.24) is 9.78 Å². The Bertz CT molecular complexity index is 418. The molecule has 0 aromatic carbocycles. The summed E-state index contributed by atoms with van der Waals surface area (Å²) in [6.07, 6.45) is 5.84. The fourth-order valence-electron chi connectivity index (χ4n) is 2.30. The number of nitrogens with one attached hydrogen (secondary N) is 1. The molecule has 1 heterocycles. The van der Waals surface area contributed by atoms with Crippen LogP contribution in [0.2, 0.25) is 0 Å². The average molecular weight is 296 g/mol. The number of ether oxygens (including phenoxy) is 1. The molecule has 6 heteroatoms. The lowest BCUT2D eigenvalue weighted by Crippen LogP contribution is -2.18. The van der Waals surface area contributed by atoms with Gasteiger partial charge in [-0.05, 0) is 31.2 Å². The number of carbonyl (C=O) groups is 1. The first-order valence-electron chi connectivity index (χ1n) is 7.58. The molecule has 1 amide bonds. The lowest BCUT2D eigenvalue weighted by Gasteiger charge is -2.19. The summed E-state index contributed by atoms with van der Waals surface area (Å²) in [6, 6.07) is 0. The molecule has 1 rings (SSSR count). The number of hydrogen-bond donors (Lipinski definition) is 2. The molecule has 0 saturated heterocycles. The molecule has 6 nitrogen and oxygen atoms in total. The van der Waals surface area contributed by atoms with Gasteiger partial charge in [-0.15, -0.1) is 0 Å². The fraction of sp³-hybridized carbons (Fsp3) is 0.733. The molecule has 0 fully saturated rings. The number of amides is 1. The molecule has 0 radical (unpaired) electrons. The summed E-state index contributed by atoms with van der Waals surface area (Å²) in [7, 11) is 1.65. The second kappa shape index (κ2) is 9.52. The quantitative estimate of drug-likeness (QED) is 0.690. The van der Waals surface area contributed by atoms with Gasteiger partial charge in [0.25, 0.3) is 0 Å². The van der Waals surface area contributed by atoms with Crippen molar-refractivity contribution in [1.29, 1.82) is 0 Å². The first-order valence-corrected chi connectivity index (χ1v) is 7.58. The zero-order valence-electron chi connectivity index (χ0n) is 13.3. The van der Waals surface area contributed by atoms with Gasteiger partial charge in [0.15, 0.2) is 0 Å². The maximum absolute atomic E-state index is 12.0. The van der Waals surface area contributed by atoms with Gasteiger partial charge in [-0.25, -0.2) is 0 Å². The van der Waals surface area contributed by atoms with Crippen LogP contribution in [0, 0.1) is 11.8 Å². The standard InChI is InChI=1S/C15H28N4O2/c1-12(2)13(6-7-16)4-5-15(20)18-14-10-17-19(11-14)8-9-21-3/h10-13H,4-9,16H2,1-3H3,(H,18,20). The fourth-order valence-corrected chi connectivity index (χ4v) is 2.30. The van der Waals surface area contributed by atoms with Gasteiger partial charge in [-0.2, -0.15) is 5.10 Å². The van der Waals surface area contributed by atoms with Gasteiger partial charge >= 0.3 is 0 Å². The molecule has 120 valence electrons. The Labute approximate surface area is 127 Å². The molecule has 1 aromatic heterocycles. The minimum Gasteiger partial charge on any atom is -0.383 e. The highest BCUT2D eigenvalue weighted by Crippen LogP contribution is 2.20. The van der Waals surface area contributed by atoms with E-state index in [1.54, 1.807) is 18.0 Å². The molecule has 1 atom stereocenters. The van der Waals surface area contributed by atoms with E-state index in [1.807, 2.05) is 6.20 Å². The SMILES string of the molecule is COCCn1cc(NC(=O)CCC(CCN)C(C)C)cn1. The van der Waals surface area contributed by atoms with Crippen LogP contribution >= 0.6 is 0 Å². The first kappa shape index (κ1) is 17.7. The molecular formula is C15H28N4O2. The van der Waals surface area contributed by atoms with Gasteiger partial charge in [0.05, 0.1) is 25.0 Å². The van der Waals surface area contributed by atoms with Gasteiger partial charge in [-0.3, -0.25) is 9.48 Å². The Morgan fingerprint density at radius 1 is 1.48 bits per heavy atom. The monoisotopic (exact) mass is 296 g/mol. The number of hydrogen-bond acceptors (Lipinski definition) is 4. The van der Waals surface area contributed by atoms with E-state index >= 15 is 0 Å². The number of anilines is 1. The van der Waals surface area contributed by atoms with E-state index in [4.69, 9.17) is 10.5 Å². The lowest BCUT2D eigenvalue weighted by atomic mass is 9.88. The van der Waals surface area contributed by atoms with Crippen molar-refractivity contribution < 1.29 is 9.53 Å².